The molecule has 1 heterocycles. The molecule has 2 nitrogen and oxygen atoms in total. The zero-order valence-electron chi connectivity index (χ0n) is 8.40. The molecule has 0 unspecified atom stereocenters. The molecule has 2 aromatic rings. The second-order valence-electron chi connectivity index (χ2n) is 3.63. The van der Waals surface area contributed by atoms with Crippen molar-refractivity contribution in [3.05, 3.63) is 42.6 Å². The first-order valence-corrected chi connectivity index (χ1v) is 4.82. The monoisotopic (exact) mass is 186 g/mol. The molecule has 72 valence electrons. The number of allylic oxidation sites excluding steroid dienone is 1. The van der Waals surface area contributed by atoms with Crippen LogP contribution in [0.2, 0.25) is 0 Å². The highest BCUT2D eigenvalue weighted by atomic mass is 15.3. The fraction of sp³-hybridized carbons (Fsp3) is 0.250. The van der Waals surface area contributed by atoms with Crippen molar-refractivity contribution in [2.75, 3.05) is 0 Å². The van der Waals surface area contributed by atoms with E-state index in [1.54, 1.807) is 0 Å². The number of nitrogens with zero attached hydrogens (tertiary/aromatic N) is 2. The maximum absolute atomic E-state index is 4.34. The van der Waals surface area contributed by atoms with Gasteiger partial charge in [-0.05, 0) is 19.4 Å². The second kappa shape index (κ2) is 3.66. The summed E-state index contributed by atoms with van der Waals surface area (Å²) in [6.07, 6.45) is 2.90. The molecule has 0 radical (unpaired) electrons. The van der Waals surface area contributed by atoms with Crippen molar-refractivity contribution >= 4 is 10.9 Å². The van der Waals surface area contributed by atoms with Gasteiger partial charge < -0.3 is 0 Å². The highest BCUT2D eigenvalue weighted by molar-refractivity contribution is 5.78. The van der Waals surface area contributed by atoms with Crippen molar-refractivity contribution < 1.29 is 0 Å². The maximum Gasteiger partial charge on any atom is 0.0682 e. The summed E-state index contributed by atoms with van der Waals surface area (Å²) >= 11 is 0. The van der Waals surface area contributed by atoms with E-state index in [9.17, 15) is 0 Å². The van der Waals surface area contributed by atoms with Gasteiger partial charge in [-0.3, -0.25) is 4.68 Å². The van der Waals surface area contributed by atoms with Crippen molar-refractivity contribution in [1.29, 1.82) is 0 Å². The minimum Gasteiger partial charge on any atom is -0.265 e. The Bertz CT molecular complexity index is 454. The molecule has 0 fully saturated rings. The molecule has 0 amide bonds. The molecule has 2 rings (SSSR count). The first kappa shape index (κ1) is 9.00. The van der Waals surface area contributed by atoms with Gasteiger partial charge in [0.05, 0.1) is 11.7 Å². The van der Waals surface area contributed by atoms with Crippen molar-refractivity contribution in [2.24, 2.45) is 0 Å². The summed E-state index contributed by atoms with van der Waals surface area (Å²) in [4.78, 5) is 0. The first-order valence-electron chi connectivity index (χ1n) is 4.82. The number of aromatic nitrogens is 2. The van der Waals surface area contributed by atoms with Crippen LogP contribution in [0.5, 0.6) is 0 Å². The largest absolute Gasteiger partial charge is 0.265 e. The van der Waals surface area contributed by atoms with Gasteiger partial charge in [0.25, 0.3) is 0 Å². The standard InChI is InChI=1S/C12H14N2/c1-10(2)7-8-14-12-6-4-3-5-11(12)9-13-14/h3-6,9H,1,7-8H2,2H3. The fourth-order valence-corrected chi connectivity index (χ4v) is 1.50. The number of hydrogen-bond acceptors (Lipinski definition) is 1. The van der Waals surface area contributed by atoms with E-state index >= 15 is 0 Å². The zero-order chi connectivity index (χ0) is 9.97. The normalized spacial score (nSPS) is 10.6. The van der Waals surface area contributed by atoms with Gasteiger partial charge in [0.2, 0.25) is 0 Å². The van der Waals surface area contributed by atoms with Gasteiger partial charge in [-0.1, -0.05) is 23.8 Å². The SMILES string of the molecule is C=C(C)CCn1ncc2ccccc21. The summed E-state index contributed by atoms with van der Waals surface area (Å²) in [5.41, 5.74) is 2.40. The summed E-state index contributed by atoms with van der Waals surface area (Å²) in [5, 5.41) is 5.55. The topological polar surface area (TPSA) is 17.8 Å². The van der Waals surface area contributed by atoms with Crippen molar-refractivity contribution in [2.45, 2.75) is 19.9 Å². The minimum atomic E-state index is 0.919. The Hall–Kier alpha value is -1.57. The van der Waals surface area contributed by atoms with Gasteiger partial charge in [0.1, 0.15) is 0 Å². The Morgan fingerprint density at radius 1 is 1.43 bits per heavy atom. The first-order chi connectivity index (χ1) is 6.77. The van der Waals surface area contributed by atoms with Crippen LogP contribution in [0.4, 0.5) is 0 Å². The Morgan fingerprint density at radius 3 is 3.00 bits per heavy atom. The van der Waals surface area contributed by atoms with E-state index < -0.39 is 0 Å². The number of aryl methyl sites for hydroxylation is 1. The van der Waals surface area contributed by atoms with Crippen LogP contribution in [-0.2, 0) is 6.54 Å². The predicted octanol–water partition coefficient (Wildman–Crippen LogP) is 3.00. The van der Waals surface area contributed by atoms with Gasteiger partial charge in [0.15, 0.2) is 0 Å². The van der Waals surface area contributed by atoms with Crippen LogP contribution in [0.1, 0.15) is 13.3 Å². The van der Waals surface area contributed by atoms with E-state index in [-0.39, 0.29) is 0 Å². The third kappa shape index (κ3) is 1.69. The molecule has 0 spiro atoms. The van der Waals surface area contributed by atoms with E-state index in [0.717, 1.165) is 13.0 Å². The average Bonchev–Trinajstić information content (AvgIpc) is 2.58. The van der Waals surface area contributed by atoms with Gasteiger partial charge >= 0.3 is 0 Å². The molecule has 1 aromatic heterocycles. The number of benzene rings is 1. The van der Waals surface area contributed by atoms with Crippen LogP contribution in [-0.4, -0.2) is 9.78 Å². The fourth-order valence-electron chi connectivity index (χ4n) is 1.50. The Kier molecular flexibility index (Phi) is 2.35. The lowest BCUT2D eigenvalue weighted by Crippen LogP contribution is -1.99. The Labute approximate surface area is 83.9 Å². The molecular formula is C12H14N2. The number of hydrogen-bond donors (Lipinski definition) is 0. The van der Waals surface area contributed by atoms with E-state index in [1.807, 2.05) is 29.9 Å². The molecule has 0 aliphatic heterocycles. The molecule has 0 saturated heterocycles. The number of para-hydroxylation sites is 1. The Balaban J connectivity index is 2.29. The minimum absolute atomic E-state index is 0.919. The zero-order valence-corrected chi connectivity index (χ0v) is 8.40. The average molecular weight is 186 g/mol. The quantitative estimate of drug-likeness (QED) is 0.674. The van der Waals surface area contributed by atoms with Crippen LogP contribution in [0.3, 0.4) is 0 Å². The number of fused-ring (bicyclic) bond motifs is 1. The van der Waals surface area contributed by atoms with Gasteiger partial charge in [0, 0.05) is 11.9 Å². The predicted molar refractivity (Wildman–Crippen MR) is 59.2 cm³/mol. The molecule has 0 saturated carbocycles. The van der Waals surface area contributed by atoms with Crippen molar-refractivity contribution in [3.8, 4) is 0 Å². The summed E-state index contributed by atoms with van der Waals surface area (Å²) in [6, 6.07) is 8.26. The van der Waals surface area contributed by atoms with Crippen LogP contribution in [0.15, 0.2) is 42.6 Å². The smallest absolute Gasteiger partial charge is 0.0682 e. The lowest BCUT2D eigenvalue weighted by atomic mass is 10.2. The van der Waals surface area contributed by atoms with Crippen molar-refractivity contribution in [3.63, 3.8) is 0 Å². The summed E-state index contributed by atoms with van der Waals surface area (Å²) in [7, 11) is 0. The molecule has 1 aromatic carbocycles. The lowest BCUT2D eigenvalue weighted by molar-refractivity contribution is 0.633. The van der Waals surface area contributed by atoms with Crippen LogP contribution < -0.4 is 0 Å². The van der Waals surface area contributed by atoms with Gasteiger partial charge in [-0.2, -0.15) is 5.10 Å². The Morgan fingerprint density at radius 2 is 2.21 bits per heavy atom. The third-order valence-electron chi connectivity index (χ3n) is 2.30. The van der Waals surface area contributed by atoms with E-state index in [2.05, 4.69) is 23.8 Å². The number of rotatable bonds is 3. The molecule has 2 heteroatoms. The highest BCUT2D eigenvalue weighted by Gasteiger charge is 2.00. The van der Waals surface area contributed by atoms with Crippen LogP contribution >= 0.6 is 0 Å². The maximum atomic E-state index is 4.34. The van der Waals surface area contributed by atoms with Gasteiger partial charge in [-0.25, -0.2) is 0 Å². The molecular weight excluding hydrogens is 172 g/mol. The summed E-state index contributed by atoms with van der Waals surface area (Å²) in [6.45, 7) is 6.86. The third-order valence-corrected chi connectivity index (χ3v) is 2.30. The molecule has 0 aliphatic rings. The van der Waals surface area contributed by atoms with Gasteiger partial charge in [-0.15, -0.1) is 6.58 Å². The highest BCUT2D eigenvalue weighted by Crippen LogP contribution is 2.13. The van der Waals surface area contributed by atoms with E-state index in [4.69, 9.17) is 0 Å². The second-order valence-corrected chi connectivity index (χ2v) is 3.63. The lowest BCUT2D eigenvalue weighted by Gasteiger charge is -2.02. The molecule has 0 N–H and O–H groups in total. The summed E-state index contributed by atoms with van der Waals surface area (Å²) in [5.74, 6) is 0. The van der Waals surface area contributed by atoms with E-state index in [0.29, 0.717) is 0 Å². The molecule has 0 bridgehead atoms. The van der Waals surface area contributed by atoms with Crippen LogP contribution in [0.25, 0.3) is 10.9 Å². The van der Waals surface area contributed by atoms with E-state index in [1.165, 1.54) is 16.5 Å². The van der Waals surface area contributed by atoms with Crippen LogP contribution in [0, 0.1) is 0 Å². The van der Waals surface area contributed by atoms with Crippen molar-refractivity contribution in [1.82, 2.24) is 9.78 Å². The molecule has 14 heavy (non-hydrogen) atoms. The summed E-state index contributed by atoms with van der Waals surface area (Å²) < 4.78 is 2.03. The molecule has 0 atom stereocenters. The molecule has 0 aliphatic carbocycles.